The van der Waals surface area contributed by atoms with Crippen molar-refractivity contribution in [1.82, 2.24) is 9.47 Å². The third-order valence-electron chi connectivity index (χ3n) is 2.78. The summed E-state index contributed by atoms with van der Waals surface area (Å²) < 4.78 is 11.7. The summed E-state index contributed by atoms with van der Waals surface area (Å²) in [5.74, 6) is -0.128. The fourth-order valence-corrected chi connectivity index (χ4v) is 1.83. The van der Waals surface area contributed by atoms with Crippen LogP contribution in [0.1, 0.15) is 10.5 Å². The molecule has 1 aromatic rings. The fraction of sp³-hybridized carbons (Fsp3) is 0.615. The van der Waals surface area contributed by atoms with Gasteiger partial charge >= 0.3 is 0 Å². The van der Waals surface area contributed by atoms with Crippen molar-refractivity contribution in [2.24, 2.45) is 0 Å². The smallest absolute Gasteiger partial charge is 0.270 e. The number of carbonyl (C=O) groups excluding carboxylic acids is 1. The molecular formula is C13H22N2O4. The Morgan fingerprint density at radius 1 is 1.47 bits per heavy atom. The molecule has 108 valence electrons. The van der Waals surface area contributed by atoms with E-state index in [1.807, 2.05) is 16.8 Å². The van der Waals surface area contributed by atoms with E-state index < -0.39 is 6.10 Å². The van der Waals surface area contributed by atoms with E-state index in [1.165, 1.54) is 12.0 Å². The van der Waals surface area contributed by atoms with Gasteiger partial charge in [-0.05, 0) is 12.1 Å². The third-order valence-corrected chi connectivity index (χ3v) is 2.78. The van der Waals surface area contributed by atoms with Crippen molar-refractivity contribution in [1.29, 1.82) is 0 Å². The first-order valence-corrected chi connectivity index (χ1v) is 6.16. The Bertz CT molecular complexity index is 392. The van der Waals surface area contributed by atoms with Crippen molar-refractivity contribution in [2.45, 2.75) is 12.6 Å². The highest BCUT2D eigenvalue weighted by molar-refractivity contribution is 5.92. The molecule has 1 aromatic heterocycles. The van der Waals surface area contributed by atoms with Crippen LogP contribution in [0.25, 0.3) is 0 Å². The molecule has 6 heteroatoms. The predicted octanol–water partition coefficient (Wildman–Crippen LogP) is 0.214. The summed E-state index contributed by atoms with van der Waals surface area (Å²) in [6, 6.07) is 3.58. The van der Waals surface area contributed by atoms with E-state index in [-0.39, 0.29) is 19.1 Å². The quantitative estimate of drug-likeness (QED) is 0.733. The number of aromatic nitrogens is 1. The van der Waals surface area contributed by atoms with Crippen LogP contribution in [-0.4, -0.2) is 67.6 Å². The first kappa shape index (κ1) is 15.7. The molecule has 0 aromatic carbocycles. The average molecular weight is 270 g/mol. The van der Waals surface area contributed by atoms with Gasteiger partial charge in [0.2, 0.25) is 0 Å². The molecule has 1 amide bonds. The highest BCUT2D eigenvalue weighted by Gasteiger charge is 2.18. The molecule has 0 saturated heterocycles. The number of aliphatic hydroxyl groups excluding tert-OH is 1. The van der Waals surface area contributed by atoms with Gasteiger partial charge in [0.05, 0.1) is 19.3 Å². The molecule has 1 unspecified atom stereocenters. The van der Waals surface area contributed by atoms with Gasteiger partial charge in [-0.3, -0.25) is 4.79 Å². The van der Waals surface area contributed by atoms with Gasteiger partial charge in [-0.2, -0.15) is 0 Å². The van der Waals surface area contributed by atoms with Crippen LogP contribution in [0.3, 0.4) is 0 Å². The van der Waals surface area contributed by atoms with Crippen LogP contribution in [-0.2, 0) is 16.0 Å². The summed E-state index contributed by atoms with van der Waals surface area (Å²) >= 11 is 0. The van der Waals surface area contributed by atoms with Crippen LogP contribution in [0.15, 0.2) is 18.3 Å². The minimum atomic E-state index is -0.679. The fourth-order valence-electron chi connectivity index (χ4n) is 1.83. The monoisotopic (exact) mass is 270 g/mol. The lowest BCUT2D eigenvalue weighted by atomic mass is 10.3. The zero-order valence-electron chi connectivity index (χ0n) is 11.7. The Morgan fingerprint density at radius 3 is 2.84 bits per heavy atom. The van der Waals surface area contributed by atoms with E-state index in [0.717, 1.165) is 0 Å². The van der Waals surface area contributed by atoms with Crippen molar-refractivity contribution in [2.75, 3.05) is 41.0 Å². The molecule has 0 aliphatic rings. The number of methoxy groups -OCH3 is 2. The highest BCUT2D eigenvalue weighted by atomic mass is 16.5. The molecule has 0 aliphatic heterocycles. The standard InChI is InChI=1S/C13H22N2O4/c1-14(9-11(16)10-19-3)13(17)12-5-4-6-15(12)7-8-18-2/h4-6,11,16H,7-10H2,1-3H3. The van der Waals surface area contributed by atoms with Gasteiger partial charge in [-0.25, -0.2) is 0 Å². The van der Waals surface area contributed by atoms with Gasteiger partial charge < -0.3 is 24.0 Å². The minimum Gasteiger partial charge on any atom is -0.389 e. The molecule has 1 atom stereocenters. The topological polar surface area (TPSA) is 63.9 Å². The van der Waals surface area contributed by atoms with Gasteiger partial charge in [-0.15, -0.1) is 0 Å². The van der Waals surface area contributed by atoms with E-state index in [1.54, 1.807) is 20.2 Å². The molecule has 0 aliphatic carbocycles. The molecule has 6 nitrogen and oxygen atoms in total. The third kappa shape index (κ3) is 4.66. The largest absolute Gasteiger partial charge is 0.389 e. The molecule has 1 N–H and O–H groups in total. The Kier molecular flexibility index (Phi) is 6.55. The molecule has 19 heavy (non-hydrogen) atoms. The lowest BCUT2D eigenvalue weighted by Crippen LogP contribution is -2.37. The molecule has 0 saturated carbocycles. The highest BCUT2D eigenvalue weighted by Crippen LogP contribution is 2.06. The number of amides is 1. The van der Waals surface area contributed by atoms with Crippen LogP contribution in [0.2, 0.25) is 0 Å². The lowest BCUT2D eigenvalue weighted by molar-refractivity contribution is 0.0375. The van der Waals surface area contributed by atoms with Crippen molar-refractivity contribution < 1.29 is 19.4 Å². The molecule has 1 heterocycles. The second-order valence-corrected chi connectivity index (χ2v) is 4.37. The maximum atomic E-state index is 12.2. The lowest BCUT2D eigenvalue weighted by Gasteiger charge is -2.21. The SMILES string of the molecule is COCCn1cccc1C(=O)N(C)CC(O)COC. The Hall–Kier alpha value is -1.37. The normalized spacial score (nSPS) is 12.4. The molecule has 0 fully saturated rings. The van der Waals surface area contributed by atoms with Gasteiger partial charge in [0.25, 0.3) is 5.91 Å². The van der Waals surface area contributed by atoms with E-state index in [4.69, 9.17) is 9.47 Å². The van der Waals surface area contributed by atoms with Gasteiger partial charge in [0.15, 0.2) is 0 Å². The zero-order valence-corrected chi connectivity index (χ0v) is 11.7. The second-order valence-electron chi connectivity index (χ2n) is 4.37. The van der Waals surface area contributed by atoms with E-state index in [9.17, 15) is 9.90 Å². The van der Waals surface area contributed by atoms with Crippen LogP contribution < -0.4 is 0 Å². The van der Waals surface area contributed by atoms with Crippen molar-refractivity contribution >= 4 is 5.91 Å². The number of carbonyl (C=O) groups is 1. The van der Waals surface area contributed by atoms with Crippen LogP contribution in [0.4, 0.5) is 0 Å². The van der Waals surface area contributed by atoms with Gasteiger partial charge in [0.1, 0.15) is 5.69 Å². The van der Waals surface area contributed by atoms with E-state index in [2.05, 4.69) is 0 Å². The molecule has 1 rings (SSSR count). The first-order chi connectivity index (χ1) is 9.10. The minimum absolute atomic E-state index is 0.128. The average Bonchev–Trinajstić information content (AvgIpc) is 2.83. The number of aliphatic hydroxyl groups is 1. The number of hydrogen-bond acceptors (Lipinski definition) is 4. The molecular weight excluding hydrogens is 248 g/mol. The maximum absolute atomic E-state index is 12.2. The number of rotatable bonds is 8. The van der Waals surface area contributed by atoms with Crippen LogP contribution in [0, 0.1) is 0 Å². The number of ether oxygens (including phenoxy) is 2. The summed E-state index contributed by atoms with van der Waals surface area (Å²) in [6.45, 7) is 1.62. The molecule has 0 radical (unpaired) electrons. The number of nitrogens with zero attached hydrogens (tertiary/aromatic N) is 2. The summed E-state index contributed by atoms with van der Waals surface area (Å²) in [5.41, 5.74) is 0.587. The first-order valence-electron chi connectivity index (χ1n) is 6.16. The Labute approximate surface area is 113 Å². The summed E-state index contributed by atoms with van der Waals surface area (Å²) in [7, 11) is 4.80. The van der Waals surface area contributed by atoms with E-state index in [0.29, 0.717) is 18.8 Å². The number of hydrogen-bond donors (Lipinski definition) is 1. The van der Waals surface area contributed by atoms with Crippen LogP contribution >= 0.6 is 0 Å². The summed E-state index contributed by atoms with van der Waals surface area (Å²) in [6.07, 6.45) is 1.16. The Balaban J connectivity index is 2.63. The van der Waals surface area contributed by atoms with Crippen LogP contribution in [0.5, 0.6) is 0 Å². The van der Waals surface area contributed by atoms with Crippen molar-refractivity contribution in [3.63, 3.8) is 0 Å². The Morgan fingerprint density at radius 2 is 2.21 bits per heavy atom. The van der Waals surface area contributed by atoms with Crippen molar-refractivity contribution in [3.05, 3.63) is 24.0 Å². The summed E-state index contributed by atoms with van der Waals surface area (Å²) in [5, 5.41) is 9.63. The zero-order chi connectivity index (χ0) is 14.3. The number of likely N-dealkylation sites (N-methyl/N-ethyl adjacent to an activating group) is 1. The summed E-state index contributed by atoms with van der Waals surface area (Å²) in [4.78, 5) is 13.7. The van der Waals surface area contributed by atoms with E-state index >= 15 is 0 Å². The van der Waals surface area contributed by atoms with Crippen molar-refractivity contribution in [3.8, 4) is 0 Å². The molecule has 0 spiro atoms. The molecule has 0 bridgehead atoms. The predicted molar refractivity (Wildman–Crippen MR) is 71.2 cm³/mol. The second kappa shape index (κ2) is 7.93. The van der Waals surface area contributed by atoms with Gasteiger partial charge in [0, 0.05) is 40.6 Å². The maximum Gasteiger partial charge on any atom is 0.270 e. The van der Waals surface area contributed by atoms with Gasteiger partial charge in [-0.1, -0.05) is 0 Å².